The summed E-state index contributed by atoms with van der Waals surface area (Å²) in [6.07, 6.45) is 5.20. The van der Waals surface area contributed by atoms with Crippen LogP contribution in [0.25, 0.3) is 0 Å². The van der Waals surface area contributed by atoms with Crippen LogP contribution in [0, 0.1) is 5.41 Å². The molecule has 1 aliphatic rings. The minimum Gasteiger partial charge on any atom is -0.387 e. The number of rotatable bonds is 4. The minimum absolute atomic E-state index is 0.0781. The Bertz CT molecular complexity index is 238. The zero-order valence-electron chi connectivity index (χ0n) is 10.8. The number of aliphatic hydroxyl groups excluding tert-OH is 1. The molecule has 0 spiro atoms. The van der Waals surface area contributed by atoms with Gasteiger partial charge in [-0.3, -0.25) is 0 Å². The molecule has 0 aromatic heterocycles. The molecule has 1 fully saturated rings. The van der Waals surface area contributed by atoms with Crippen LogP contribution >= 0.6 is 0 Å². The van der Waals surface area contributed by atoms with E-state index in [4.69, 9.17) is 9.47 Å². The highest BCUT2D eigenvalue weighted by atomic mass is 16.7. The van der Waals surface area contributed by atoms with Crippen molar-refractivity contribution in [1.29, 1.82) is 0 Å². The van der Waals surface area contributed by atoms with Gasteiger partial charge in [0.25, 0.3) is 0 Å². The Labute approximate surface area is 98.4 Å². The van der Waals surface area contributed by atoms with Gasteiger partial charge in [0.2, 0.25) is 5.79 Å². The van der Waals surface area contributed by atoms with Gasteiger partial charge in [-0.15, -0.1) is 0 Å². The van der Waals surface area contributed by atoms with E-state index in [0.717, 1.165) is 12.8 Å². The summed E-state index contributed by atoms with van der Waals surface area (Å²) >= 11 is 0. The Balaban J connectivity index is 2.70. The molecule has 1 unspecified atom stereocenters. The summed E-state index contributed by atoms with van der Waals surface area (Å²) in [4.78, 5) is 0. The second kappa shape index (κ2) is 5.30. The highest BCUT2D eigenvalue weighted by Crippen LogP contribution is 2.35. The highest BCUT2D eigenvalue weighted by Gasteiger charge is 2.43. The Kier molecular flexibility index (Phi) is 4.53. The smallest absolute Gasteiger partial charge is 0.214 e. The van der Waals surface area contributed by atoms with Gasteiger partial charge in [-0.1, -0.05) is 26.3 Å². The molecule has 0 saturated carbocycles. The molecule has 16 heavy (non-hydrogen) atoms. The molecule has 1 rings (SSSR count). The van der Waals surface area contributed by atoms with Crippen molar-refractivity contribution in [3.63, 3.8) is 0 Å². The van der Waals surface area contributed by atoms with Gasteiger partial charge in [0.1, 0.15) is 6.10 Å². The van der Waals surface area contributed by atoms with Gasteiger partial charge in [-0.25, -0.2) is 0 Å². The molecule has 1 aliphatic heterocycles. The van der Waals surface area contributed by atoms with Gasteiger partial charge < -0.3 is 14.6 Å². The van der Waals surface area contributed by atoms with E-state index in [1.165, 1.54) is 0 Å². The summed E-state index contributed by atoms with van der Waals surface area (Å²) in [6, 6.07) is 0. The van der Waals surface area contributed by atoms with Crippen molar-refractivity contribution in [2.24, 2.45) is 5.41 Å². The first-order valence-corrected chi connectivity index (χ1v) is 6.08. The zero-order valence-corrected chi connectivity index (χ0v) is 10.8. The molecule has 3 heteroatoms. The van der Waals surface area contributed by atoms with Crippen LogP contribution in [-0.2, 0) is 9.47 Å². The van der Waals surface area contributed by atoms with Gasteiger partial charge >= 0.3 is 0 Å². The third-order valence-corrected chi connectivity index (χ3v) is 3.13. The zero-order chi connectivity index (χ0) is 12.2. The lowest BCUT2D eigenvalue weighted by Crippen LogP contribution is -2.53. The Hall–Kier alpha value is -0.380. The van der Waals surface area contributed by atoms with E-state index in [1.807, 2.05) is 13.0 Å². The maximum Gasteiger partial charge on any atom is 0.214 e. The summed E-state index contributed by atoms with van der Waals surface area (Å²) in [5.41, 5.74) is 0.0781. The van der Waals surface area contributed by atoms with Crippen molar-refractivity contribution in [2.45, 2.75) is 52.4 Å². The standard InChI is InChI=1S/C13H24O3/c1-5-7-12(4)9-15-13(8-6-2,11(3)14)16-10-12/h6,8,11,14H,5,7,9-10H2,1-4H3/b8-6-. The topological polar surface area (TPSA) is 38.7 Å². The maximum absolute atomic E-state index is 9.76. The molecule has 3 nitrogen and oxygen atoms in total. The molecule has 0 bridgehead atoms. The first kappa shape index (κ1) is 13.7. The normalized spacial score (nSPS) is 37.8. The highest BCUT2D eigenvalue weighted by molar-refractivity contribution is 5.01. The van der Waals surface area contributed by atoms with E-state index in [9.17, 15) is 5.11 Å². The van der Waals surface area contributed by atoms with Crippen molar-refractivity contribution in [1.82, 2.24) is 0 Å². The van der Waals surface area contributed by atoms with Gasteiger partial charge in [0.15, 0.2) is 0 Å². The number of aliphatic hydroxyl groups is 1. The predicted octanol–water partition coefficient (Wildman–Crippen LogP) is 2.49. The molecule has 0 radical (unpaired) electrons. The molecule has 1 heterocycles. The fraction of sp³-hybridized carbons (Fsp3) is 0.846. The molecule has 1 atom stereocenters. The van der Waals surface area contributed by atoms with Crippen molar-refractivity contribution < 1.29 is 14.6 Å². The van der Waals surface area contributed by atoms with Crippen LogP contribution in [0.2, 0.25) is 0 Å². The van der Waals surface area contributed by atoms with E-state index in [1.54, 1.807) is 13.0 Å². The summed E-state index contributed by atoms with van der Waals surface area (Å²) in [5.74, 6) is -0.942. The molecule has 94 valence electrons. The second-order valence-corrected chi connectivity index (χ2v) is 5.04. The van der Waals surface area contributed by atoms with Crippen molar-refractivity contribution in [2.75, 3.05) is 13.2 Å². The third-order valence-electron chi connectivity index (χ3n) is 3.13. The molecule has 1 saturated heterocycles. The molecular weight excluding hydrogens is 204 g/mol. The van der Waals surface area contributed by atoms with Crippen LogP contribution in [0.15, 0.2) is 12.2 Å². The fourth-order valence-electron chi connectivity index (χ4n) is 2.11. The van der Waals surface area contributed by atoms with E-state index in [0.29, 0.717) is 13.2 Å². The lowest BCUT2D eigenvalue weighted by molar-refractivity contribution is -0.307. The summed E-state index contributed by atoms with van der Waals surface area (Å²) in [6.45, 7) is 9.19. The van der Waals surface area contributed by atoms with Gasteiger partial charge in [0.05, 0.1) is 13.2 Å². The number of hydrogen-bond donors (Lipinski definition) is 1. The molecule has 0 aliphatic carbocycles. The molecule has 0 aromatic rings. The average Bonchev–Trinajstić information content (AvgIpc) is 2.22. The SMILES string of the molecule is C/C=C\C1(C(C)O)OCC(C)(CCC)CO1. The average molecular weight is 228 g/mol. The monoisotopic (exact) mass is 228 g/mol. The van der Waals surface area contributed by atoms with Crippen LogP contribution in [0.1, 0.15) is 40.5 Å². The van der Waals surface area contributed by atoms with Crippen LogP contribution in [-0.4, -0.2) is 30.2 Å². The Morgan fingerprint density at radius 1 is 1.38 bits per heavy atom. The third kappa shape index (κ3) is 2.84. The predicted molar refractivity (Wildman–Crippen MR) is 64.1 cm³/mol. The van der Waals surface area contributed by atoms with Crippen molar-refractivity contribution >= 4 is 0 Å². The summed E-state index contributed by atoms with van der Waals surface area (Å²) < 4.78 is 11.6. The van der Waals surface area contributed by atoms with Crippen LogP contribution in [0.5, 0.6) is 0 Å². The maximum atomic E-state index is 9.76. The lowest BCUT2D eigenvalue weighted by Gasteiger charge is -2.44. The van der Waals surface area contributed by atoms with E-state index < -0.39 is 11.9 Å². The van der Waals surface area contributed by atoms with Crippen molar-refractivity contribution in [3.05, 3.63) is 12.2 Å². The Morgan fingerprint density at radius 3 is 2.31 bits per heavy atom. The number of allylic oxidation sites excluding steroid dienone is 1. The van der Waals surface area contributed by atoms with Crippen molar-refractivity contribution in [3.8, 4) is 0 Å². The van der Waals surface area contributed by atoms with Gasteiger partial charge in [-0.2, -0.15) is 0 Å². The van der Waals surface area contributed by atoms with Crippen LogP contribution in [0.3, 0.4) is 0 Å². The van der Waals surface area contributed by atoms with E-state index in [2.05, 4.69) is 13.8 Å². The van der Waals surface area contributed by atoms with E-state index >= 15 is 0 Å². The van der Waals surface area contributed by atoms with Crippen LogP contribution in [0.4, 0.5) is 0 Å². The first-order chi connectivity index (χ1) is 7.48. The number of hydrogen-bond acceptors (Lipinski definition) is 3. The molecule has 1 N–H and O–H groups in total. The molecule has 0 amide bonds. The largest absolute Gasteiger partial charge is 0.387 e. The van der Waals surface area contributed by atoms with Gasteiger partial charge in [-0.05, 0) is 26.3 Å². The molecular formula is C13H24O3. The molecule has 0 aromatic carbocycles. The summed E-state index contributed by atoms with van der Waals surface area (Å²) in [7, 11) is 0. The lowest BCUT2D eigenvalue weighted by atomic mass is 9.86. The quantitative estimate of drug-likeness (QED) is 0.751. The second-order valence-electron chi connectivity index (χ2n) is 5.04. The van der Waals surface area contributed by atoms with Gasteiger partial charge in [0, 0.05) is 5.41 Å². The summed E-state index contributed by atoms with van der Waals surface area (Å²) in [5, 5.41) is 9.76. The Morgan fingerprint density at radius 2 is 1.94 bits per heavy atom. The minimum atomic E-state index is -0.942. The van der Waals surface area contributed by atoms with Crippen LogP contribution < -0.4 is 0 Å². The number of ether oxygens (including phenoxy) is 2. The van der Waals surface area contributed by atoms with E-state index in [-0.39, 0.29) is 5.41 Å². The first-order valence-electron chi connectivity index (χ1n) is 6.08. The fourth-order valence-corrected chi connectivity index (χ4v) is 2.11.